The van der Waals surface area contributed by atoms with Crippen molar-refractivity contribution in [2.45, 2.75) is 12.3 Å². The largest absolute Gasteiger partial charge is 0.396 e. The fourth-order valence-electron chi connectivity index (χ4n) is 1.57. The van der Waals surface area contributed by atoms with Gasteiger partial charge in [-0.2, -0.15) is 0 Å². The summed E-state index contributed by atoms with van der Waals surface area (Å²) in [6, 6.07) is 7.90. The smallest absolute Gasteiger partial charge is 0.0465 e. The van der Waals surface area contributed by atoms with Gasteiger partial charge in [0.2, 0.25) is 0 Å². The van der Waals surface area contributed by atoms with Crippen molar-refractivity contribution in [2.24, 2.45) is 5.92 Å². The normalized spacial score (nSPS) is 27.2. The van der Waals surface area contributed by atoms with Gasteiger partial charge < -0.3 is 5.11 Å². The van der Waals surface area contributed by atoms with Crippen LogP contribution < -0.4 is 0 Å². The maximum atomic E-state index is 8.87. The molecular weight excluding hydrogens is 172 g/mol. The number of aliphatic hydroxyl groups excluding tert-OH is 1. The van der Waals surface area contributed by atoms with E-state index >= 15 is 0 Å². The van der Waals surface area contributed by atoms with Crippen molar-refractivity contribution in [3.8, 4) is 0 Å². The Labute approximate surface area is 77.0 Å². The fraction of sp³-hybridized carbons (Fsp3) is 0.400. The Hall–Kier alpha value is -0.530. The third kappa shape index (κ3) is 1.47. The Morgan fingerprint density at radius 2 is 2.00 bits per heavy atom. The second-order valence-corrected chi connectivity index (χ2v) is 3.77. The van der Waals surface area contributed by atoms with Gasteiger partial charge in [0.05, 0.1) is 0 Å². The van der Waals surface area contributed by atoms with Crippen LogP contribution in [0.1, 0.15) is 17.9 Å². The monoisotopic (exact) mass is 182 g/mol. The van der Waals surface area contributed by atoms with Crippen molar-refractivity contribution in [3.05, 3.63) is 34.9 Å². The van der Waals surface area contributed by atoms with Gasteiger partial charge in [-0.15, -0.1) is 0 Å². The van der Waals surface area contributed by atoms with Gasteiger partial charge >= 0.3 is 0 Å². The summed E-state index contributed by atoms with van der Waals surface area (Å²) in [7, 11) is 0. The molecule has 1 aliphatic carbocycles. The van der Waals surface area contributed by atoms with Gasteiger partial charge in [-0.3, -0.25) is 0 Å². The van der Waals surface area contributed by atoms with Crippen LogP contribution in [-0.4, -0.2) is 11.7 Å². The zero-order chi connectivity index (χ0) is 8.55. The highest BCUT2D eigenvalue weighted by molar-refractivity contribution is 6.30. The highest BCUT2D eigenvalue weighted by Crippen LogP contribution is 2.46. The van der Waals surface area contributed by atoms with Gasteiger partial charge in [-0.25, -0.2) is 0 Å². The molecule has 1 nitrogen and oxygen atoms in total. The molecule has 0 radical (unpaired) electrons. The molecule has 1 aromatic carbocycles. The fourth-order valence-corrected chi connectivity index (χ4v) is 1.69. The summed E-state index contributed by atoms with van der Waals surface area (Å²) >= 11 is 5.76. The molecule has 0 bridgehead atoms. The molecule has 12 heavy (non-hydrogen) atoms. The highest BCUT2D eigenvalue weighted by Gasteiger charge is 2.37. The van der Waals surface area contributed by atoms with Crippen LogP contribution in [0.15, 0.2) is 24.3 Å². The van der Waals surface area contributed by atoms with Crippen LogP contribution >= 0.6 is 11.6 Å². The van der Waals surface area contributed by atoms with Crippen LogP contribution in [-0.2, 0) is 0 Å². The van der Waals surface area contributed by atoms with Gasteiger partial charge in [0, 0.05) is 11.6 Å². The number of hydrogen-bond donors (Lipinski definition) is 1. The summed E-state index contributed by atoms with van der Waals surface area (Å²) < 4.78 is 0. The second kappa shape index (κ2) is 3.08. The van der Waals surface area contributed by atoms with E-state index in [1.54, 1.807) is 0 Å². The average molecular weight is 183 g/mol. The predicted molar refractivity (Wildman–Crippen MR) is 49.4 cm³/mol. The second-order valence-electron chi connectivity index (χ2n) is 3.34. The summed E-state index contributed by atoms with van der Waals surface area (Å²) in [4.78, 5) is 0. The maximum absolute atomic E-state index is 8.87. The summed E-state index contributed by atoms with van der Waals surface area (Å²) in [5.74, 6) is 1.07. The molecule has 0 saturated heterocycles. The van der Waals surface area contributed by atoms with Crippen molar-refractivity contribution >= 4 is 11.6 Å². The van der Waals surface area contributed by atoms with Crippen molar-refractivity contribution in [2.75, 3.05) is 6.61 Å². The van der Waals surface area contributed by atoms with E-state index in [1.807, 2.05) is 24.3 Å². The first kappa shape index (κ1) is 8.09. The van der Waals surface area contributed by atoms with Crippen molar-refractivity contribution in [1.29, 1.82) is 0 Å². The van der Waals surface area contributed by atoms with Crippen LogP contribution in [0.2, 0.25) is 5.02 Å². The van der Waals surface area contributed by atoms with E-state index in [4.69, 9.17) is 16.7 Å². The van der Waals surface area contributed by atoms with Crippen LogP contribution in [0.3, 0.4) is 0 Å². The molecule has 0 unspecified atom stereocenters. The summed E-state index contributed by atoms with van der Waals surface area (Å²) in [6.45, 7) is 0.313. The van der Waals surface area contributed by atoms with E-state index in [0.717, 1.165) is 11.4 Å². The first-order valence-corrected chi connectivity index (χ1v) is 4.55. The van der Waals surface area contributed by atoms with Crippen LogP contribution in [0.25, 0.3) is 0 Å². The predicted octanol–water partition coefficient (Wildman–Crippen LogP) is 2.44. The molecule has 0 heterocycles. The number of aliphatic hydroxyl groups is 1. The molecule has 64 valence electrons. The third-order valence-corrected chi connectivity index (χ3v) is 2.71. The summed E-state index contributed by atoms with van der Waals surface area (Å²) in [5, 5.41) is 9.64. The minimum Gasteiger partial charge on any atom is -0.396 e. The molecule has 0 aromatic heterocycles. The third-order valence-electron chi connectivity index (χ3n) is 2.46. The molecule has 0 amide bonds. The lowest BCUT2D eigenvalue weighted by molar-refractivity contribution is 0.274. The average Bonchev–Trinajstić information content (AvgIpc) is 2.85. The molecule has 2 atom stereocenters. The highest BCUT2D eigenvalue weighted by atomic mass is 35.5. The molecule has 2 heteroatoms. The molecule has 1 fully saturated rings. The number of benzene rings is 1. The lowest BCUT2D eigenvalue weighted by Gasteiger charge is -1.97. The van der Waals surface area contributed by atoms with Crippen molar-refractivity contribution in [3.63, 3.8) is 0 Å². The quantitative estimate of drug-likeness (QED) is 0.745. The SMILES string of the molecule is OC[C@@H]1C[C@H]1c1ccc(Cl)cc1. The molecule has 1 aliphatic rings. The van der Waals surface area contributed by atoms with Gasteiger partial charge in [-0.1, -0.05) is 23.7 Å². The zero-order valence-electron chi connectivity index (χ0n) is 6.70. The molecular formula is C10H11ClO. The minimum absolute atomic E-state index is 0.313. The zero-order valence-corrected chi connectivity index (χ0v) is 7.46. The standard InChI is InChI=1S/C10H11ClO/c11-9-3-1-7(2-4-9)10-5-8(10)6-12/h1-4,8,10,12H,5-6H2/t8-,10-/m0/s1. The Morgan fingerprint density at radius 1 is 1.33 bits per heavy atom. The number of halogens is 1. The first-order valence-electron chi connectivity index (χ1n) is 4.17. The lowest BCUT2D eigenvalue weighted by Crippen LogP contribution is -1.87. The van der Waals surface area contributed by atoms with Gasteiger partial charge in [-0.05, 0) is 36.0 Å². The van der Waals surface area contributed by atoms with Crippen LogP contribution in [0.4, 0.5) is 0 Å². The van der Waals surface area contributed by atoms with Crippen molar-refractivity contribution < 1.29 is 5.11 Å². The van der Waals surface area contributed by atoms with Gasteiger partial charge in [0.15, 0.2) is 0 Å². The van der Waals surface area contributed by atoms with E-state index in [-0.39, 0.29) is 0 Å². The minimum atomic E-state index is 0.313. The number of hydrogen-bond acceptors (Lipinski definition) is 1. The molecule has 0 aliphatic heterocycles. The molecule has 2 rings (SSSR count). The van der Waals surface area contributed by atoms with Crippen LogP contribution in [0.5, 0.6) is 0 Å². The molecule has 1 saturated carbocycles. The van der Waals surface area contributed by atoms with Gasteiger partial charge in [0.1, 0.15) is 0 Å². The Bertz CT molecular complexity index is 268. The molecule has 0 spiro atoms. The first-order chi connectivity index (χ1) is 5.81. The van der Waals surface area contributed by atoms with E-state index in [2.05, 4.69) is 0 Å². The topological polar surface area (TPSA) is 20.2 Å². The Balaban J connectivity index is 2.10. The van der Waals surface area contributed by atoms with Gasteiger partial charge in [0.25, 0.3) is 0 Å². The lowest BCUT2D eigenvalue weighted by atomic mass is 10.1. The van der Waals surface area contributed by atoms with E-state index in [1.165, 1.54) is 5.56 Å². The van der Waals surface area contributed by atoms with E-state index < -0.39 is 0 Å². The van der Waals surface area contributed by atoms with E-state index in [9.17, 15) is 0 Å². The maximum Gasteiger partial charge on any atom is 0.0465 e. The molecule has 1 aromatic rings. The van der Waals surface area contributed by atoms with Crippen molar-refractivity contribution in [1.82, 2.24) is 0 Å². The Kier molecular flexibility index (Phi) is 2.07. The Morgan fingerprint density at radius 3 is 2.50 bits per heavy atom. The summed E-state index contributed by atoms with van der Waals surface area (Å²) in [5.41, 5.74) is 1.30. The summed E-state index contributed by atoms with van der Waals surface area (Å²) in [6.07, 6.45) is 1.12. The van der Waals surface area contributed by atoms with E-state index in [0.29, 0.717) is 18.4 Å². The number of rotatable bonds is 2. The molecule has 1 N–H and O–H groups in total. The van der Waals surface area contributed by atoms with Crippen LogP contribution in [0, 0.1) is 5.92 Å².